The number of methoxy groups -OCH3 is 1. The molecule has 0 atom stereocenters. The number of benzene rings is 1. The predicted octanol–water partition coefficient (Wildman–Crippen LogP) is 3.41. The summed E-state index contributed by atoms with van der Waals surface area (Å²) in [5.41, 5.74) is -0.0648. The highest BCUT2D eigenvalue weighted by atomic mass is 16.5. The van der Waals surface area contributed by atoms with E-state index in [0.29, 0.717) is 13.2 Å². The number of ether oxygens (including phenoxy) is 2. The van der Waals surface area contributed by atoms with Crippen LogP contribution in [-0.2, 0) is 4.79 Å². The average Bonchev–Trinajstić information content (AvgIpc) is 2.57. The van der Waals surface area contributed by atoms with Gasteiger partial charge in [-0.15, -0.1) is 0 Å². The Morgan fingerprint density at radius 2 is 1.75 bits per heavy atom. The number of carbonyl (C=O) groups is 1. The summed E-state index contributed by atoms with van der Waals surface area (Å²) in [6.07, 6.45) is 7.44. The van der Waals surface area contributed by atoms with Crippen molar-refractivity contribution >= 4 is 5.91 Å². The van der Waals surface area contributed by atoms with Gasteiger partial charge >= 0.3 is 0 Å². The molecule has 1 amide bonds. The van der Waals surface area contributed by atoms with E-state index in [2.05, 4.69) is 5.32 Å². The van der Waals surface area contributed by atoms with Gasteiger partial charge in [-0.05, 0) is 68.4 Å². The zero-order chi connectivity index (χ0) is 16.6. The molecule has 130 valence electrons. The third-order valence-electron chi connectivity index (χ3n) is 6.22. The van der Waals surface area contributed by atoms with Crippen molar-refractivity contribution in [1.29, 1.82) is 0 Å². The largest absolute Gasteiger partial charge is 0.497 e. The SMILES string of the molecule is COc1cccc(OCCNC(=O)C23CC4CC(CC(C4)C2)C3)c1. The average molecular weight is 329 g/mol. The highest BCUT2D eigenvalue weighted by Gasteiger charge is 2.54. The third-order valence-corrected chi connectivity index (χ3v) is 6.22. The Balaban J connectivity index is 1.28. The zero-order valence-corrected chi connectivity index (χ0v) is 14.4. The standard InChI is InChI=1S/C20H27NO3/c1-23-17-3-2-4-18(10-17)24-6-5-21-19(22)20-11-14-7-15(12-20)9-16(8-14)13-20/h2-4,10,14-16H,5-9,11-13H2,1H3,(H,21,22). The number of nitrogens with one attached hydrogen (secondary N) is 1. The molecule has 4 heteroatoms. The van der Waals surface area contributed by atoms with Crippen molar-refractivity contribution in [3.8, 4) is 11.5 Å². The lowest BCUT2D eigenvalue weighted by molar-refractivity contribution is -0.146. The van der Waals surface area contributed by atoms with E-state index in [1.165, 1.54) is 19.3 Å². The molecule has 0 aromatic heterocycles. The fourth-order valence-corrected chi connectivity index (χ4v) is 5.60. The minimum Gasteiger partial charge on any atom is -0.497 e. The second-order valence-electron chi connectivity index (χ2n) is 7.98. The van der Waals surface area contributed by atoms with Gasteiger partial charge in [0.2, 0.25) is 5.91 Å². The summed E-state index contributed by atoms with van der Waals surface area (Å²) in [4.78, 5) is 12.8. The molecule has 24 heavy (non-hydrogen) atoms. The molecule has 4 aliphatic rings. The molecule has 4 fully saturated rings. The van der Waals surface area contributed by atoms with Crippen LogP contribution < -0.4 is 14.8 Å². The van der Waals surface area contributed by atoms with E-state index in [1.807, 2.05) is 24.3 Å². The smallest absolute Gasteiger partial charge is 0.226 e. The summed E-state index contributed by atoms with van der Waals surface area (Å²) in [6, 6.07) is 7.56. The van der Waals surface area contributed by atoms with Crippen LogP contribution in [0.4, 0.5) is 0 Å². The zero-order valence-electron chi connectivity index (χ0n) is 14.4. The molecule has 1 aromatic carbocycles. The lowest BCUT2D eigenvalue weighted by atomic mass is 9.49. The molecular formula is C20H27NO3. The van der Waals surface area contributed by atoms with Gasteiger partial charge in [-0.2, -0.15) is 0 Å². The summed E-state index contributed by atoms with van der Waals surface area (Å²) in [5, 5.41) is 3.14. The van der Waals surface area contributed by atoms with Gasteiger partial charge in [0.05, 0.1) is 13.7 Å². The van der Waals surface area contributed by atoms with Crippen molar-refractivity contribution in [2.24, 2.45) is 23.2 Å². The molecule has 0 spiro atoms. The molecule has 0 heterocycles. The van der Waals surface area contributed by atoms with E-state index < -0.39 is 0 Å². The van der Waals surface area contributed by atoms with Crippen LogP contribution in [0, 0.1) is 23.2 Å². The fourth-order valence-electron chi connectivity index (χ4n) is 5.60. The van der Waals surface area contributed by atoms with Gasteiger partial charge in [-0.1, -0.05) is 6.07 Å². The van der Waals surface area contributed by atoms with Crippen LogP contribution in [0.2, 0.25) is 0 Å². The molecule has 4 bridgehead atoms. The first-order valence-electron chi connectivity index (χ1n) is 9.22. The second kappa shape index (κ2) is 6.30. The van der Waals surface area contributed by atoms with Crippen LogP contribution in [0.3, 0.4) is 0 Å². The van der Waals surface area contributed by atoms with Crippen molar-refractivity contribution in [2.75, 3.05) is 20.3 Å². The monoisotopic (exact) mass is 329 g/mol. The number of hydrogen-bond acceptors (Lipinski definition) is 3. The molecule has 5 rings (SSSR count). The number of amides is 1. The molecule has 0 aliphatic heterocycles. The van der Waals surface area contributed by atoms with Gasteiger partial charge in [0.25, 0.3) is 0 Å². The molecule has 0 saturated heterocycles. The number of hydrogen-bond donors (Lipinski definition) is 1. The predicted molar refractivity (Wildman–Crippen MR) is 92.1 cm³/mol. The normalized spacial score (nSPS) is 33.3. The van der Waals surface area contributed by atoms with Crippen molar-refractivity contribution in [3.63, 3.8) is 0 Å². The Kier molecular flexibility index (Phi) is 4.15. The maximum atomic E-state index is 12.8. The highest BCUT2D eigenvalue weighted by molar-refractivity contribution is 5.83. The fraction of sp³-hybridized carbons (Fsp3) is 0.650. The van der Waals surface area contributed by atoms with Crippen LogP contribution >= 0.6 is 0 Å². The maximum absolute atomic E-state index is 12.8. The lowest BCUT2D eigenvalue weighted by Crippen LogP contribution is -2.54. The third kappa shape index (κ3) is 2.99. The number of carbonyl (C=O) groups excluding carboxylic acids is 1. The van der Waals surface area contributed by atoms with Crippen LogP contribution in [0.1, 0.15) is 38.5 Å². The van der Waals surface area contributed by atoms with Crippen LogP contribution in [0.25, 0.3) is 0 Å². The molecular weight excluding hydrogens is 302 g/mol. The molecule has 1 N–H and O–H groups in total. The van der Waals surface area contributed by atoms with E-state index in [0.717, 1.165) is 48.5 Å². The van der Waals surface area contributed by atoms with E-state index in [-0.39, 0.29) is 11.3 Å². The molecule has 1 aromatic rings. The van der Waals surface area contributed by atoms with Gasteiger partial charge < -0.3 is 14.8 Å². The second-order valence-corrected chi connectivity index (χ2v) is 7.98. The van der Waals surface area contributed by atoms with Gasteiger partial charge in [-0.3, -0.25) is 4.79 Å². The Morgan fingerprint density at radius 3 is 2.38 bits per heavy atom. The summed E-state index contributed by atoms with van der Waals surface area (Å²) in [7, 11) is 1.64. The molecule has 0 unspecified atom stereocenters. The van der Waals surface area contributed by atoms with E-state index in [9.17, 15) is 4.79 Å². The number of rotatable bonds is 6. The Bertz CT molecular complexity index is 577. The van der Waals surface area contributed by atoms with E-state index >= 15 is 0 Å². The lowest BCUT2D eigenvalue weighted by Gasteiger charge is -2.55. The van der Waals surface area contributed by atoms with Crippen LogP contribution in [-0.4, -0.2) is 26.2 Å². The first-order valence-corrected chi connectivity index (χ1v) is 9.22. The summed E-state index contributed by atoms with van der Waals surface area (Å²) >= 11 is 0. The molecule has 4 nitrogen and oxygen atoms in total. The summed E-state index contributed by atoms with van der Waals surface area (Å²) in [5.74, 6) is 4.24. The van der Waals surface area contributed by atoms with Gasteiger partial charge in [-0.25, -0.2) is 0 Å². The van der Waals surface area contributed by atoms with Gasteiger partial charge in [0.1, 0.15) is 18.1 Å². The van der Waals surface area contributed by atoms with E-state index in [4.69, 9.17) is 9.47 Å². The molecule has 0 radical (unpaired) electrons. The van der Waals surface area contributed by atoms with Crippen molar-refractivity contribution in [1.82, 2.24) is 5.32 Å². The minimum atomic E-state index is -0.0648. The molecule has 4 aliphatic carbocycles. The molecule has 4 saturated carbocycles. The highest BCUT2D eigenvalue weighted by Crippen LogP contribution is 2.60. The summed E-state index contributed by atoms with van der Waals surface area (Å²) < 4.78 is 10.9. The van der Waals surface area contributed by atoms with Gasteiger partial charge in [0, 0.05) is 11.5 Å². The topological polar surface area (TPSA) is 47.6 Å². The maximum Gasteiger partial charge on any atom is 0.226 e. The van der Waals surface area contributed by atoms with Crippen molar-refractivity contribution in [2.45, 2.75) is 38.5 Å². The van der Waals surface area contributed by atoms with Crippen molar-refractivity contribution in [3.05, 3.63) is 24.3 Å². The first kappa shape index (κ1) is 15.8. The Labute approximate surface area is 143 Å². The van der Waals surface area contributed by atoms with Crippen LogP contribution in [0.15, 0.2) is 24.3 Å². The Hall–Kier alpha value is -1.71. The van der Waals surface area contributed by atoms with Crippen molar-refractivity contribution < 1.29 is 14.3 Å². The Morgan fingerprint density at radius 1 is 1.12 bits per heavy atom. The quantitative estimate of drug-likeness (QED) is 0.814. The van der Waals surface area contributed by atoms with E-state index in [1.54, 1.807) is 7.11 Å². The first-order chi connectivity index (χ1) is 11.7. The minimum absolute atomic E-state index is 0.0648. The van der Waals surface area contributed by atoms with Gasteiger partial charge in [0.15, 0.2) is 0 Å². The van der Waals surface area contributed by atoms with Crippen LogP contribution in [0.5, 0.6) is 11.5 Å². The summed E-state index contributed by atoms with van der Waals surface area (Å²) in [6.45, 7) is 1.06.